The lowest BCUT2D eigenvalue weighted by Gasteiger charge is -2.36. The summed E-state index contributed by atoms with van der Waals surface area (Å²) in [7, 11) is 0. The summed E-state index contributed by atoms with van der Waals surface area (Å²) in [5, 5.41) is 0.807. The van der Waals surface area contributed by atoms with Crippen molar-refractivity contribution in [3.05, 3.63) is 58.2 Å². The van der Waals surface area contributed by atoms with E-state index in [9.17, 15) is 0 Å². The number of halogens is 1. The van der Waals surface area contributed by atoms with Gasteiger partial charge in [0.1, 0.15) is 5.82 Å². The maximum absolute atomic E-state index is 5.96. The highest BCUT2D eigenvalue weighted by atomic mass is 35.5. The highest BCUT2D eigenvalue weighted by Gasteiger charge is 2.19. The zero-order valence-electron chi connectivity index (χ0n) is 14.0. The lowest BCUT2D eigenvalue weighted by molar-refractivity contribution is 0.249. The van der Waals surface area contributed by atoms with Crippen molar-refractivity contribution in [1.29, 1.82) is 0 Å². The van der Waals surface area contributed by atoms with Crippen molar-refractivity contribution < 1.29 is 0 Å². The van der Waals surface area contributed by atoms with E-state index in [0.29, 0.717) is 0 Å². The summed E-state index contributed by atoms with van der Waals surface area (Å²) in [6.07, 6.45) is 4.97. The number of fused-ring (bicyclic) bond motifs is 1. The number of pyridine rings is 1. The third-order valence-corrected chi connectivity index (χ3v) is 5.43. The van der Waals surface area contributed by atoms with Gasteiger partial charge in [0, 0.05) is 43.4 Å². The second kappa shape index (κ2) is 7.12. The van der Waals surface area contributed by atoms with Crippen LogP contribution in [-0.4, -0.2) is 36.1 Å². The van der Waals surface area contributed by atoms with Gasteiger partial charge in [0.2, 0.25) is 0 Å². The number of rotatable bonds is 3. The topological polar surface area (TPSA) is 19.4 Å². The van der Waals surface area contributed by atoms with Crippen LogP contribution < -0.4 is 4.90 Å². The van der Waals surface area contributed by atoms with E-state index in [1.807, 2.05) is 12.1 Å². The van der Waals surface area contributed by atoms with Crippen LogP contribution in [0, 0.1) is 0 Å². The molecule has 2 aliphatic rings. The summed E-state index contributed by atoms with van der Waals surface area (Å²) in [4.78, 5) is 9.90. The molecule has 1 saturated heterocycles. The van der Waals surface area contributed by atoms with Gasteiger partial charge in [-0.3, -0.25) is 4.90 Å². The fraction of sp³-hybridized carbons (Fsp3) is 0.450. The number of hydrogen-bond donors (Lipinski definition) is 0. The van der Waals surface area contributed by atoms with Gasteiger partial charge in [-0.2, -0.15) is 0 Å². The molecule has 0 N–H and O–H groups in total. The van der Waals surface area contributed by atoms with Crippen LogP contribution in [0.2, 0.25) is 5.02 Å². The van der Waals surface area contributed by atoms with E-state index in [-0.39, 0.29) is 0 Å². The monoisotopic (exact) mass is 341 g/mol. The van der Waals surface area contributed by atoms with Gasteiger partial charge in [0.05, 0.1) is 0 Å². The Hall–Kier alpha value is -1.58. The zero-order chi connectivity index (χ0) is 16.4. The van der Waals surface area contributed by atoms with Gasteiger partial charge in [-0.25, -0.2) is 4.98 Å². The average Bonchev–Trinajstić information content (AvgIpc) is 2.64. The predicted molar refractivity (Wildman–Crippen MR) is 99.8 cm³/mol. The standard InChI is InChI=1S/C20H24ClN3/c21-18-8-5-16(6-9-18)15-23-11-13-24(14-12-23)20-10-7-17-3-1-2-4-19(17)22-20/h5-10H,1-4,11-15H2. The molecule has 0 atom stereocenters. The molecule has 2 heterocycles. The van der Waals surface area contributed by atoms with Gasteiger partial charge in [0.25, 0.3) is 0 Å². The van der Waals surface area contributed by atoms with E-state index < -0.39 is 0 Å². The second-order valence-electron chi connectivity index (χ2n) is 6.87. The van der Waals surface area contributed by atoms with Gasteiger partial charge in [-0.05, 0) is 55.0 Å². The number of aromatic nitrogens is 1. The van der Waals surface area contributed by atoms with Crippen LogP contribution in [0.5, 0.6) is 0 Å². The van der Waals surface area contributed by atoms with Gasteiger partial charge in [-0.1, -0.05) is 29.8 Å². The molecule has 1 aliphatic carbocycles. The van der Waals surface area contributed by atoms with Crippen molar-refractivity contribution in [1.82, 2.24) is 9.88 Å². The first kappa shape index (κ1) is 15.9. The highest BCUT2D eigenvalue weighted by molar-refractivity contribution is 6.30. The van der Waals surface area contributed by atoms with Crippen molar-refractivity contribution >= 4 is 17.4 Å². The van der Waals surface area contributed by atoms with E-state index in [2.05, 4.69) is 34.1 Å². The summed E-state index contributed by atoms with van der Waals surface area (Å²) < 4.78 is 0. The Labute approximate surface area is 149 Å². The number of anilines is 1. The smallest absolute Gasteiger partial charge is 0.128 e. The normalized spacial score (nSPS) is 18.5. The molecule has 3 nitrogen and oxygen atoms in total. The van der Waals surface area contributed by atoms with Crippen molar-refractivity contribution in [3.8, 4) is 0 Å². The van der Waals surface area contributed by atoms with Gasteiger partial charge < -0.3 is 4.90 Å². The van der Waals surface area contributed by atoms with Crippen LogP contribution in [0.25, 0.3) is 0 Å². The summed E-state index contributed by atoms with van der Waals surface area (Å²) in [6.45, 7) is 5.28. The molecule has 0 saturated carbocycles. The average molecular weight is 342 g/mol. The van der Waals surface area contributed by atoms with Crippen molar-refractivity contribution in [3.63, 3.8) is 0 Å². The van der Waals surface area contributed by atoms with E-state index in [4.69, 9.17) is 16.6 Å². The molecule has 1 aromatic heterocycles. The number of nitrogens with zero attached hydrogens (tertiary/aromatic N) is 3. The maximum Gasteiger partial charge on any atom is 0.128 e. The molecular formula is C20H24ClN3. The largest absolute Gasteiger partial charge is 0.354 e. The lowest BCUT2D eigenvalue weighted by atomic mass is 9.96. The Morgan fingerprint density at radius 3 is 2.42 bits per heavy atom. The van der Waals surface area contributed by atoms with Crippen LogP contribution in [0.15, 0.2) is 36.4 Å². The SMILES string of the molecule is Clc1ccc(CN2CCN(c3ccc4c(n3)CCCC4)CC2)cc1. The zero-order valence-corrected chi connectivity index (χ0v) is 14.8. The number of aryl methyl sites for hydroxylation is 2. The molecule has 1 aliphatic heterocycles. The van der Waals surface area contributed by atoms with Gasteiger partial charge in [0.15, 0.2) is 0 Å². The minimum Gasteiger partial charge on any atom is -0.354 e. The first-order chi connectivity index (χ1) is 11.8. The Morgan fingerprint density at radius 2 is 1.62 bits per heavy atom. The Balaban J connectivity index is 1.36. The number of benzene rings is 1. The minimum absolute atomic E-state index is 0.807. The Kier molecular flexibility index (Phi) is 4.72. The quantitative estimate of drug-likeness (QED) is 0.843. The summed E-state index contributed by atoms with van der Waals surface area (Å²) in [5.74, 6) is 1.17. The van der Waals surface area contributed by atoms with Crippen LogP contribution in [0.4, 0.5) is 5.82 Å². The maximum atomic E-state index is 5.96. The summed E-state index contributed by atoms with van der Waals surface area (Å²) in [6, 6.07) is 12.7. The summed E-state index contributed by atoms with van der Waals surface area (Å²) in [5.41, 5.74) is 4.13. The second-order valence-corrected chi connectivity index (χ2v) is 7.31. The van der Waals surface area contributed by atoms with Gasteiger partial charge in [-0.15, -0.1) is 0 Å². The van der Waals surface area contributed by atoms with Crippen molar-refractivity contribution in [2.45, 2.75) is 32.2 Å². The molecule has 4 heteroatoms. The highest BCUT2D eigenvalue weighted by Crippen LogP contribution is 2.23. The van der Waals surface area contributed by atoms with Crippen molar-refractivity contribution in [2.75, 3.05) is 31.1 Å². The van der Waals surface area contributed by atoms with Crippen LogP contribution >= 0.6 is 11.6 Å². The predicted octanol–water partition coefficient (Wildman–Crippen LogP) is 3.94. The molecule has 0 amide bonds. The van der Waals surface area contributed by atoms with Gasteiger partial charge >= 0.3 is 0 Å². The third kappa shape index (κ3) is 3.57. The first-order valence-corrected chi connectivity index (χ1v) is 9.36. The fourth-order valence-corrected chi connectivity index (χ4v) is 3.86. The molecule has 2 aromatic rings. The molecule has 0 unspecified atom stereocenters. The lowest BCUT2D eigenvalue weighted by Crippen LogP contribution is -2.46. The molecule has 126 valence electrons. The Bertz CT molecular complexity index is 691. The number of hydrogen-bond acceptors (Lipinski definition) is 3. The summed E-state index contributed by atoms with van der Waals surface area (Å²) >= 11 is 5.96. The molecule has 24 heavy (non-hydrogen) atoms. The van der Waals surface area contributed by atoms with E-state index in [0.717, 1.165) is 44.2 Å². The van der Waals surface area contributed by atoms with E-state index in [1.165, 1.54) is 41.9 Å². The molecule has 0 bridgehead atoms. The molecule has 0 spiro atoms. The fourth-order valence-electron chi connectivity index (χ4n) is 3.73. The molecular weight excluding hydrogens is 318 g/mol. The van der Waals surface area contributed by atoms with Crippen LogP contribution in [0.3, 0.4) is 0 Å². The van der Waals surface area contributed by atoms with Crippen LogP contribution in [0.1, 0.15) is 29.7 Å². The van der Waals surface area contributed by atoms with Crippen molar-refractivity contribution in [2.24, 2.45) is 0 Å². The third-order valence-electron chi connectivity index (χ3n) is 5.18. The number of piperazine rings is 1. The Morgan fingerprint density at radius 1 is 0.875 bits per heavy atom. The molecule has 0 radical (unpaired) electrons. The van der Waals surface area contributed by atoms with Crippen LogP contribution in [-0.2, 0) is 19.4 Å². The van der Waals surface area contributed by atoms with E-state index in [1.54, 1.807) is 0 Å². The molecule has 4 rings (SSSR count). The first-order valence-electron chi connectivity index (χ1n) is 8.98. The molecule has 1 fully saturated rings. The molecule has 1 aromatic carbocycles. The van der Waals surface area contributed by atoms with E-state index >= 15 is 0 Å². The minimum atomic E-state index is 0.807.